The molecule has 6 nitrogen and oxygen atoms in total. The summed E-state index contributed by atoms with van der Waals surface area (Å²) in [5.41, 5.74) is 6.76. The van der Waals surface area contributed by atoms with Crippen molar-refractivity contribution in [3.8, 4) is 5.69 Å². The monoisotopic (exact) mass is 480 g/mol. The Morgan fingerprint density at radius 1 is 0.886 bits per heavy atom. The van der Waals surface area contributed by atoms with Crippen LogP contribution in [0.3, 0.4) is 0 Å². The SMILES string of the molecule is Cc1nn(-c2cccc(C(F)(F)F)c2)c(C)c1CC(=O)NNC(=O)Cc1cccc2ccccc12. The summed E-state index contributed by atoms with van der Waals surface area (Å²) < 4.78 is 40.6. The van der Waals surface area contributed by atoms with Gasteiger partial charge >= 0.3 is 6.18 Å². The zero-order valence-electron chi connectivity index (χ0n) is 19.1. The van der Waals surface area contributed by atoms with E-state index >= 15 is 0 Å². The van der Waals surface area contributed by atoms with E-state index in [9.17, 15) is 22.8 Å². The summed E-state index contributed by atoms with van der Waals surface area (Å²) in [7, 11) is 0. The predicted octanol–water partition coefficient (Wildman–Crippen LogP) is 4.59. The fourth-order valence-electron chi connectivity index (χ4n) is 4.00. The van der Waals surface area contributed by atoms with Crippen molar-refractivity contribution < 1.29 is 22.8 Å². The van der Waals surface area contributed by atoms with Gasteiger partial charge in [-0.15, -0.1) is 0 Å². The summed E-state index contributed by atoms with van der Waals surface area (Å²) in [5.74, 6) is -0.839. The average molecular weight is 480 g/mol. The third-order valence-corrected chi connectivity index (χ3v) is 5.77. The lowest BCUT2D eigenvalue weighted by atomic mass is 10.0. The normalized spacial score (nSPS) is 11.5. The first-order chi connectivity index (χ1) is 16.6. The number of nitrogens with one attached hydrogen (secondary N) is 2. The van der Waals surface area contributed by atoms with Crippen LogP contribution in [0.1, 0.15) is 28.1 Å². The zero-order valence-corrected chi connectivity index (χ0v) is 19.1. The van der Waals surface area contributed by atoms with Gasteiger partial charge in [-0.2, -0.15) is 18.3 Å². The molecule has 0 aliphatic heterocycles. The van der Waals surface area contributed by atoms with Crippen LogP contribution in [0.4, 0.5) is 13.2 Å². The third kappa shape index (κ3) is 5.34. The molecule has 35 heavy (non-hydrogen) atoms. The molecule has 1 aromatic heterocycles. The number of hydrogen-bond donors (Lipinski definition) is 2. The van der Waals surface area contributed by atoms with E-state index < -0.39 is 17.6 Å². The second-order valence-electron chi connectivity index (χ2n) is 8.20. The van der Waals surface area contributed by atoms with Crippen LogP contribution in [-0.2, 0) is 28.6 Å². The Balaban J connectivity index is 1.41. The van der Waals surface area contributed by atoms with E-state index in [-0.39, 0.29) is 24.4 Å². The van der Waals surface area contributed by atoms with Crippen molar-refractivity contribution in [3.63, 3.8) is 0 Å². The van der Waals surface area contributed by atoms with Crippen LogP contribution in [0, 0.1) is 13.8 Å². The maximum atomic E-state index is 13.1. The van der Waals surface area contributed by atoms with Gasteiger partial charge in [-0.1, -0.05) is 48.5 Å². The Morgan fingerprint density at radius 2 is 1.54 bits per heavy atom. The highest BCUT2D eigenvalue weighted by atomic mass is 19.4. The Kier molecular flexibility index (Phi) is 6.59. The number of amides is 2. The van der Waals surface area contributed by atoms with Crippen LogP contribution in [0.5, 0.6) is 0 Å². The Hall–Kier alpha value is -4.14. The van der Waals surface area contributed by atoms with E-state index in [4.69, 9.17) is 0 Å². The zero-order chi connectivity index (χ0) is 25.2. The third-order valence-electron chi connectivity index (χ3n) is 5.77. The maximum absolute atomic E-state index is 13.1. The molecule has 2 amide bonds. The first-order valence-electron chi connectivity index (χ1n) is 10.9. The number of fused-ring (bicyclic) bond motifs is 1. The van der Waals surface area contributed by atoms with Crippen molar-refractivity contribution in [1.29, 1.82) is 0 Å². The topological polar surface area (TPSA) is 76.0 Å². The number of hydrogen-bond acceptors (Lipinski definition) is 3. The molecule has 0 spiro atoms. The molecule has 180 valence electrons. The van der Waals surface area contributed by atoms with E-state index in [0.29, 0.717) is 17.0 Å². The summed E-state index contributed by atoms with van der Waals surface area (Å²) in [6, 6.07) is 18.2. The molecule has 0 saturated heterocycles. The number of aromatic nitrogens is 2. The Bertz CT molecular complexity index is 1400. The molecule has 0 bridgehead atoms. The highest BCUT2D eigenvalue weighted by molar-refractivity contribution is 5.91. The molecule has 0 radical (unpaired) electrons. The molecular formula is C26H23F3N4O2. The van der Waals surface area contributed by atoms with Crippen molar-refractivity contribution in [2.24, 2.45) is 0 Å². The van der Waals surface area contributed by atoms with E-state index in [1.54, 1.807) is 13.8 Å². The second-order valence-corrected chi connectivity index (χ2v) is 8.20. The molecule has 0 saturated carbocycles. The van der Waals surface area contributed by atoms with Gasteiger partial charge < -0.3 is 0 Å². The first-order valence-corrected chi connectivity index (χ1v) is 10.9. The molecule has 0 aliphatic carbocycles. The number of hydrazine groups is 1. The summed E-state index contributed by atoms with van der Waals surface area (Å²) in [5, 5.41) is 6.30. The summed E-state index contributed by atoms with van der Waals surface area (Å²) in [6.45, 7) is 3.36. The number of alkyl halides is 3. The minimum Gasteiger partial charge on any atom is -0.273 e. The minimum absolute atomic E-state index is 0.0904. The van der Waals surface area contributed by atoms with Crippen LogP contribution in [0.25, 0.3) is 16.5 Å². The van der Waals surface area contributed by atoms with Crippen molar-refractivity contribution in [1.82, 2.24) is 20.6 Å². The minimum atomic E-state index is -4.47. The number of carbonyl (C=O) groups excluding carboxylic acids is 2. The standard InChI is InChI=1S/C26H23F3N4O2/c1-16-23(17(2)33(32-16)21-11-6-10-20(14-21)26(27,28)29)15-25(35)31-30-24(34)13-19-9-5-8-18-7-3-4-12-22(18)19/h3-12,14H,13,15H2,1-2H3,(H,30,34)(H,31,35). The molecule has 0 fully saturated rings. The quantitative estimate of drug-likeness (QED) is 0.410. The van der Waals surface area contributed by atoms with Crippen molar-refractivity contribution >= 4 is 22.6 Å². The van der Waals surface area contributed by atoms with E-state index in [1.807, 2.05) is 42.5 Å². The summed E-state index contributed by atoms with van der Waals surface area (Å²) in [4.78, 5) is 24.9. The largest absolute Gasteiger partial charge is 0.416 e. The lowest BCUT2D eigenvalue weighted by molar-refractivity contribution is -0.137. The van der Waals surface area contributed by atoms with Gasteiger partial charge in [0.15, 0.2) is 0 Å². The van der Waals surface area contributed by atoms with Crippen LogP contribution >= 0.6 is 0 Å². The highest BCUT2D eigenvalue weighted by Gasteiger charge is 2.30. The van der Waals surface area contributed by atoms with Gasteiger partial charge in [-0.05, 0) is 48.4 Å². The predicted molar refractivity (Wildman–Crippen MR) is 126 cm³/mol. The van der Waals surface area contributed by atoms with E-state index in [2.05, 4.69) is 16.0 Å². The highest BCUT2D eigenvalue weighted by Crippen LogP contribution is 2.31. The van der Waals surface area contributed by atoms with Crippen LogP contribution in [0.2, 0.25) is 0 Å². The van der Waals surface area contributed by atoms with E-state index in [1.165, 1.54) is 16.8 Å². The molecular weight excluding hydrogens is 457 g/mol. The Morgan fingerprint density at radius 3 is 2.29 bits per heavy atom. The average Bonchev–Trinajstić information content (AvgIpc) is 3.11. The van der Waals surface area contributed by atoms with Crippen LogP contribution < -0.4 is 10.9 Å². The molecule has 1 heterocycles. The molecule has 3 aromatic carbocycles. The fourth-order valence-corrected chi connectivity index (χ4v) is 4.00. The summed E-state index contributed by atoms with van der Waals surface area (Å²) in [6.07, 6.45) is -4.47. The fraction of sp³-hybridized carbons (Fsp3) is 0.192. The van der Waals surface area contributed by atoms with Gasteiger partial charge in [0.1, 0.15) is 0 Å². The van der Waals surface area contributed by atoms with Gasteiger partial charge in [-0.3, -0.25) is 20.4 Å². The summed E-state index contributed by atoms with van der Waals surface area (Å²) >= 11 is 0. The van der Waals surface area contributed by atoms with Crippen molar-refractivity contribution in [2.75, 3.05) is 0 Å². The molecule has 0 aliphatic rings. The molecule has 9 heteroatoms. The van der Waals surface area contributed by atoms with Crippen LogP contribution in [-0.4, -0.2) is 21.6 Å². The van der Waals surface area contributed by atoms with Gasteiger partial charge in [0.05, 0.1) is 29.8 Å². The molecule has 0 unspecified atom stereocenters. The Labute approximate surface area is 199 Å². The number of benzene rings is 3. The van der Waals surface area contributed by atoms with Crippen molar-refractivity contribution in [3.05, 3.63) is 94.8 Å². The molecule has 4 aromatic rings. The van der Waals surface area contributed by atoms with Gasteiger partial charge in [-0.25, -0.2) is 4.68 Å². The maximum Gasteiger partial charge on any atom is 0.416 e. The molecule has 0 atom stereocenters. The van der Waals surface area contributed by atoms with Gasteiger partial charge in [0.25, 0.3) is 0 Å². The van der Waals surface area contributed by atoms with Crippen LogP contribution in [0.15, 0.2) is 66.7 Å². The van der Waals surface area contributed by atoms with E-state index in [0.717, 1.165) is 28.5 Å². The second kappa shape index (κ2) is 9.61. The first kappa shape index (κ1) is 24.0. The molecule has 4 rings (SSSR count). The number of halogens is 3. The number of nitrogens with zero attached hydrogens (tertiary/aromatic N) is 2. The number of carbonyl (C=O) groups is 2. The molecule has 2 N–H and O–H groups in total. The van der Waals surface area contributed by atoms with Gasteiger partial charge in [0.2, 0.25) is 11.8 Å². The lowest BCUT2D eigenvalue weighted by Gasteiger charge is -2.11. The smallest absolute Gasteiger partial charge is 0.273 e. The number of aryl methyl sites for hydroxylation is 1. The number of rotatable bonds is 5. The lowest BCUT2D eigenvalue weighted by Crippen LogP contribution is -2.43. The van der Waals surface area contributed by atoms with Crippen molar-refractivity contribution in [2.45, 2.75) is 32.9 Å². The van der Waals surface area contributed by atoms with Gasteiger partial charge in [0, 0.05) is 11.3 Å².